The van der Waals surface area contributed by atoms with Crippen LogP contribution in [0.3, 0.4) is 0 Å². The van der Waals surface area contributed by atoms with Gasteiger partial charge >= 0.3 is 0 Å². The summed E-state index contributed by atoms with van der Waals surface area (Å²) in [6.45, 7) is 3.57. The molecule has 0 saturated heterocycles. The molecule has 0 aromatic carbocycles. The Kier molecular flexibility index (Phi) is 3.71. The third kappa shape index (κ3) is 2.61. The lowest BCUT2D eigenvalue weighted by atomic mass is 10.1. The number of aliphatic hydroxyl groups excluding tert-OH is 1. The minimum Gasteiger partial charge on any atom is -0.394 e. The lowest BCUT2D eigenvalue weighted by Crippen LogP contribution is -2.35. The van der Waals surface area contributed by atoms with Crippen molar-refractivity contribution in [3.8, 4) is 0 Å². The van der Waals surface area contributed by atoms with Gasteiger partial charge in [0.05, 0.1) is 12.1 Å². The van der Waals surface area contributed by atoms with Crippen LogP contribution in [0, 0.1) is 0 Å². The van der Waals surface area contributed by atoms with Crippen molar-refractivity contribution in [2.24, 2.45) is 0 Å². The number of carbonyl (C=O) groups excluding carboxylic acids is 1. The first kappa shape index (κ1) is 12.7. The van der Waals surface area contributed by atoms with E-state index < -0.39 is 5.54 Å². The van der Waals surface area contributed by atoms with Gasteiger partial charge in [-0.3, -0.25) is 4.79 Å². The Morgan fingerprint density at radius 3 is 2.75 bits per heavy atom. The molecule has 0 aliphatic rings. The molecule has 0 fully saturated rings. The molecule has 16 heavy (non-hydrogen) atoms. The summed E-state index contributed by atoms with van der Waals surface area (Å²) in [5.74, 6) is -0.0944. The molecular formula is C9H16N4O2S. The van der Waals surface area contributed by atoms with Gasteiger partial charge in [-0.15, -0.1) is 0 Å². The number of nitrogens with one attached hydrogen (secondary N) is 2. The molecule has 5 N–H and O–H groups in total. The average molecular weight is 244 g/mol. The number of rotatable bonds is 4. The predicted octanol–water partition coefficient (Wildman–Crippen LogP) is 0.268. The van der Waals surface area contributed by atoms with E-state index in [0.717, 1.165) is 11.5 Å². The van der Waals surface area contributed by atoms with Crippen LogP contribution in [0.5, 0.6) is 0 Å². The number of nitrogen functional groups attached to an aromatic ring is 1. The standard InChI is InChI=1S/C9H16N4O2S/c1-9(2,4-14)12-8-5(7(15)11-3)6(10)13-16-8/h12,14H,4H2,1-3H3,(H2,10,13)(H,11,15). The van der Waals surface area contributed by atoms with Crippen molar-refractivity contribution in [1.29, 1.82) is 0 Å². The normalized spacial score (nSPS) is 11.2. The molecule has 1 aromatic heterocycles. The van der Waals surface area contributed by atoms with Crippen LogP contribution in [0.15, 0.2) is 0 Å². The summed E-state index contributed by atoms with van der Waals surface area (Å²) in [6, 6.07) is 0. The second-order valence-corrected chi connectivity index (χ2v) is 4.79. The minimum atomic E-state index is -0.526. The number of nitrogens with zero attached hydrogens (tertiary/aromatic N) is 1. The summed E-state index contributed by atoms with van der Waals surface area (Å²) in [7, 11) is 1.53. The van der Waals surface area contributed by atoms with Crippen molar-refractivity contribution in [1.82, 2.24) is 9.69 Å². The lowest BCUT2D eigenvalue weighted by Gasteiger charge is -2.24. The second kappa shape index (κ2) is 4.67. The van der Waals surface area contributed by atoms with Crippen molar-refractivity contribution in [3.63, 3.8) is 0 Å². The number of nitrogens with two attached hydrogens (primary N) is 1. The fourth-order valence-electron chi connectivity index (χ4n) is 1.08. The molecule has 0 saturated carbocycles. The topological polar surface area (TPSA) is 100 Å². The third-order valence-electron chi connectivity index (χ3n) is 2.02. The third-order valence-corrected chi connectivity index (χ3v) is 2.80. The van der Waals surface area contributed by atoms with Crippen molar-refractivity contribution < 1.29 is 9.90 Å². The summed E-state index contributed by atoms with van der Waals surface area (Å²) in [5.41, 5.74) is 5.42. The lowest BCUT2D eigenvalue weighted by molar-refractivity contribution is 0.0965. The molecule has 90 valence electrons. The fourth-order valence-corrected chi connectivity index (χ4v) is 1.97. The maximum Gasteiger partial charge on any atom is 0.257 e. The van der Waals surface area contributed by atoms with Gasteiger partial charge in [-0.1, -0.05) is 0 Å². The highest BCUT2D eigenvalue weighted by atomic mass is 32.1. The largest absolute Gasteiger partial charge is 0.394 e. The van der Waals surface area contributed by atoms with Crippen LogP contribution in [-0.2, 0) is 0 Å². The SMILES string of the molecule is CNC(=O)c1c(N)nsc1NC(C)(C)CO. The van der Waals surface area contributed by atoms with Gasteiger partial charge in [0.25, 0.3) is 5.91 Å². The zero-order chi connectivity index (χ0) is 12.3. The molecule has 0 spiro atoms. The molecule has 1 rings (SSSR count). The van der Waals surface area contributed by atoms with Gasteiger partial charge in [0.15, 0.2) is 5.82 Å². The minimum absolute atomic E-state index is 0.0576. The van der Waals surface area contributed by atoms with E-state index in [1.54, 1.807) is 0 Å². The first-order chi connectivity index (χ1) is 7.41. The zero-order valence-corrected chi connectivity index (χ0v) is 10.3. The molecule has 0 bridgehead atoms. The number of carbonyl (C=O) groups is 1. The predicted molar refractivity (Wildman–Crippen MR) is 64.7 cm³/mol. The first-order valence-corrected chi connectivity index (χ1v) is 5.55. The molecule has 1 amide bonds. The van der Waals surface area contributed by atoms with Crippen LogP contribution >= 0.6 is 11.5 Å². The summed E-state index contributed by atoms with van der Waals surface area (Å²) in [5, 5.41) is 15.2. The zero-order valence-electron chi connectivity index (χ0n) is 9.50. The van der Waals surface area contributed by atoms with Crippen molar-refractivity contribution in [2.45, 2.75) is 19.4 Å². The summed E-state index contributed by atoms with van der Waals surface area (Å²) >= 11 is 1.10. The highest BCUT2D eigenvalue weighted by Gasteiger charge is 2.23. The Morgan fingerprint density at radius 1 is 1.62 bits per heavy atom. The summed E-state index contributed by atoms with van der Waals surface area (Å²) < 4.78 is 3.92. The molecular weight excluding hydrogens is 228 g/mol. The molecule has 0 aliphatic carbocycles. The molecule has 0 unspecified atom stereocenters. The maximum absolute atomic E-state index is 11.6. The summed E-state index contributed by atoms with van der Waals surface area (Å²) in [4.78, 5) is 11.6. The number of anilines is 2. The second-order valence-electron chi connectivity index (χ2n) is 4.02. The highest BCUT2D eigenvalue weighted by Crippen LogP contribution is 2.29. The molecule has 6 nitrogen and oxygen atoms in total. The van der Waals surface area contributed by atoms with Gasteiger partial charge < -0.3 is 21.5 Å². The number of amides is 1. The van der Waals surface area contributed by atoms with Crippen molar-refractivity contribution in [2.75, 3.05) is 24.7 Å². The Labute approximate surface area is 98.0 Å². The average Bonchev–Trinajstić information content (AvgIpc) is 2.58. The number of hydrogen-bond donors (Lipinski definition) is 4. The van der Waals surface area contributed by atoms with Crippen LogP contribution < -0.4 is 16.4 Å². The first-order valence-electron chi connectivity index (χ1n) is 4.77. The van der Waals surface area contributed by atoms with Crippen molar-refractivity contribution in [3.05, 3.63) is 5.56 Å². The molecule has 7 heteroatoms. The van der Waals surface area contributed by atoms with Crippen LogP contribution in [0.25, 0.3) is 0 Å². The van der Waals surface area contributed by atoms with Crippen LogP contribution in [0.1, 0.15) is 24.2 Å². The number of aromatic nitrogens is 1. The van der Waals surface area contributed by atoms with Gasteiger partial charge in [-0.2, -0.15) is 4.37 Å². The Hall–Kier alpha value is -1.34. The smallest absolute Gasteiger partial charge is 0.257 e. The molecule has 0 radical (unpaired) electrons. The Bertz CT molecular complexity index is 389. The van der Waals surface area contributed by atoms with Crippen molar-refractivity contribution >= 4 is 28.3 Å². The highest BCUT2D eigenvalue weighted by molar-refractivity contribution is 7.11. The monoisotopic (exact) mass is 244 g/mol. The van der Waals surface area contributed by atoms with Crippen LogP contribution in [0.2, 0.25) is 0 Å². The van der Waals surface area contributed by atoms with E-state index in [4.69, 9.17) is 10.8 Å². The number of hydrogen-bond acceptors (Lipinski definition) is 6. The summed E-state index contributed by atoms with van der Waals surface area (Å²) in [6.07, 6.45) is 0. The van der Waals surface area contributed by atoms with E-state index in [-0.39, 0.29) is 18.3 Å². The molecule has 0 atom stereocenters. The van der Waals surface area contributed by atoms with Gasteiger partial charge in [0.2, 0.25) is 0 Å². The van der Waals surface area contributed by atoms with Crippen LogP contribution in [-0.4, -0.2) is 34.6 Å². The van der Waals surface area contributed by atoms with Gasteiger partial charge in [0, 0.05) is 7.05 Å². The molecule has 0 aliphatic heterocycles. The van der Waals surface area contributed by atoms with E-state index in [2.05, 4.69) is 15.0 Å². The van der Waals surface area contributed by atoms with Gasteiger partial charge in [-0.25, -0.2) is 0 Å². The number of aliphatic hydroxyl groups is 1. The van der Waals surface area contributed by atoms with Crippen LogP contribution in [0.4, 0.5) is 10.8 Å². The van der Waals surface area contributed by atoms with E-state index in [0.29, 0.717) is 10.6 Å². The fraction of sp³-hybridized carbons (Fsp3) is 0.556. The Morgan fingerprint density at radius 2 is 2.25 bits per heavy atom. The molecule has 1 heterocycles. The van der Waals surface area contributed by atoms with E-state index in [9.17, 15) is 4.79 Å². The van der Waals surface area contributed by atoms with Gasteiger partial charge in [-0.05, 0) is 25.4 Å². The quantitative estimate of drug-likeness (QED) is 0.609. The maximum atomic E-state index is 11.6. The van der Waals surface area contributed by atoms with E-state index >= 15 is 0 Å². The van der Waals surface area contributed by atoms with E-state index in [1.165, 1.54) is 7.05 Å². The molecule has 1 aromatic rings. The Balaban J connectivity index is 3.02. The van der Waals surface area contributed by atoms with E-state index in [1.807, 2.05) is 13.8 Å². The van der Waals surface area contributed by atoms with Gasteiger partial charge in [0.1, 0.15) is 10.6 Å².